The third-order valence-electron chi connectivity index (χ3n) is 3.52. The van der Waals surface area contributed by atoms with Gasteiger partial charge in [-0.3, -0.25) is 0 Å². The molecule has 0 atom stereocenters. The predicted molar refractivity (Wildman–Crippen MR) is 84.4 cm³/mol. The Morgan fingerprint density at radius 2 is 1.85 bits per heavy atom. The van der Waals surface area contributed by atoms with Crippen LogP contribution in [0, 0.1) is 13.8 Å². The predicted octanol–water partition coefficient (Wildman–Crippen LogP) is 3.17. The Kier molecular flexibility index (Phi) is 7.63. The molecular formula is C17H29NO2. The summed E-state index contributed by atoms with van der Waals surface area (Å²) in [5.41, 5.74) is 2.42. The third kappa shape index (κ3) is 5.93. The first kappa shape index (κ1) is 17.0. The minimum absolute atomic E-state index is 0.266. The van der Waals surface area contributed by atoms with Gasteiger partial charge >= 0.3 is 0 Å². The van der Waals surface area contributed by atoms with Gasteiger partial charge in [0.05, 0.1) is 6.61 Å². The summed E-state index contributed by atoms with van der Waals surface area (Å²) in [5.74, 6) is 0.997. The van der Waals surface area contributed by atoms with Crippen molar-refractivity contribution >= 4 is 0 Å². The Bertz CT molecular complexity index is 391. The molecule has 0 spiro atoms. The standard InChI is InChI=1S/C17H29NO2/c1-14(2)18(9-5-11-19)10-6-12-20-17-13-15(3)7-8-16(17)4/h7-8,13-14,19H,5-6,9-12H2,1-4H3. The van der Waals surface area contributed by atoms with Crippen LogP contribution in [0.5, 0.6) is 5.75 Å². The van der Waals surface area contributed by atoms with Gasteiger partial charge in [0.1, 0.15) is 5.75 Å². The molecule has 0 amide bonds. The summed E-state index contributed by atoms with van der Waals surface area (Å²) in [4.78, 5) is 2.39. The molecule has 20 heavy (non-hydrogen) atoms. The number of hydrogen-bond donors (Lipinski definition) is 1. The van der Waals surface area contributed by atoms with Gasteiger partial charge in [-0.15, -0.1) is 0 Å². The first-order chi connectivity index (χ1) is 9.54. The van der Waals surface area contributed by atoms with Crippen molar-refractivity contribution in [3.05, 3.63) is 29.3 Å². The molecule has 0 heterocycles. The average Bonchev–Trinajstić information content (AvgIpc) is 2.41. The van der Waals surface area contributed by atoms with Gasteiger partial charge in [0.25, 0.3) is 0 Å². The number of ether oxygens (including phenoxy) is 1. The lowest BCUT2D eigenvalue weighted by atomic mass is 10.1. The lowest BCUT2D eigenvalue weighted by Gasteiger charge is -2.26. The molecule has 1 N–H and O–H groups in total. The summed E-state index contributed by atoms with van der Waals surface area (Å²) in [7, 11) is 0. The molecule has 114 valence electrons. The largest absolute Gasteiger partial charge is 0.493 e. The molecule has 0 aliphatic heterocycles. The van der Waals surface area contributed by atoms with Crippen molar-refractivity contribution in [1.29, 1.82) is 0 Å². The quantitative estimate of drug-likeness (QED) is 0.705. The number of rotatable bonds is 9. The van der Waals surface area contributed by atoms with Crippen LogP contribution in [0.4, 0.5) is 0 Å². The van der Waals surface area contributed by atoms with E-state index in [4.69, 9.17) is 9.84 Å². The van der Waals surface area contributed by atoms with Crippen LogP contribution in [-0.4, -0.2) is 42.4 Å². The van der Waals surface area contributed by atoms with Gasteiger partial charge in [0, 0.05) is 25.7 Å². The van der Waals surface area contributed by atoms with E-state index in [1.165, 1.54) is 11.1 Å². The van der Waals surface area contributed by atoms with Crippen molar-refractivity contribution in [2.24, 2.45) is 0 Å². The highest BCUT2D eigenvalue weighted by molar-refractivity contribution is 5.35. The molecule has 0 radical (unpaired) electrons. The number of aliphatic hydroxyl groups excluding tert-OH is 1. The number of aliphatic hydroxyl groups is 1. The van der Waals surface area contributed by atoms with Gasteiger partial charge in [0.2, 0.25) is 0 Å². The fourth-order valence-electron chi connectivity index (χ4n) is 2.21. The van der Waals surface area contributed by atoms with Crippen molar-refractivity contribution < 1.29 is 9.84 Å². The van der Waals surface area contributed by atoms with E-state index < -0.39 is 0 Å². The summed E-state index contributed by atoms with van der Waals surface area (Å²) in [6, 6.07) is 6.83. The number of aryl methyl sites for hydroxylation is 2. The van der Waals surface area contributed by atoms with Crippen LogP contribution in [0.1, 0.15) is 37.8 Å². The normalized spacial score (nSPS) is 11.3. The van der Waals surface area contributed by atoms with Crippen molar-refractivity contribution in [3.63, 3.8) is 0 Å². The van der Waals surface area contributed by atoms with Gasteiger partial charge in [-0.25, -0.2) is 0 Å². The number of benzene rings is 1. The van der Waals surface area contributed by atoms with Crippen LogP contribution in [-0.2, 0) is 0 Å². The first-order valence-corrected chi connectivity index (χ1v) is 7.59. The highest BCUT2D eigenvalue weighted by Crippen LogP contribution is 2.19. The van der Waals surface area contributed by atoms with Gasteiger partial charge < -0.3 is 14.7 Å². The fourth-order valence-corrected chi connectivity index (χ4v) is 2.21. The van der Waals surface area contributed by atoms with E-state index in [0.29, 0.717) is 6.04 Å². The zero-order valence-electron chi connectivity index (χ0n) is 13.4. The minimum Gasteiger partial charge on any atom is -0.493 e. The minimum atomic E-state index is 0.266. The molecule has 1 aromatic rings. The van der Waals surface area contributed by atoms with Crippen molar-refractivity contribution in [2.75, 3.05) is 26.3 Å². The van der Waals surface area contributed by atoms with E-state index in [2.05, 4.69) is 50.8 Å². The van der Waals surface area contributed by atoms with E-state index in [1.54, 1.807) is 0 Å². The van der Waals surface area contributed by atoms with E-state index in [9.17, 15) is 0 Å². The summed E-state index contributed by atoms with van der Waals surface area (Å²) in [6.45, 7) is 11.5. The van der Waals surface area contributed by atoms with Gasteiger partial charge in [-0.05, 0) is 57.7 Å². The topological polar surface area (TPSA) is 32.7 Å². The number of hydrogen-bond acceptors (Lipinski definition) is 3. The summed E-state index contributed by atoms with van der Waals surface area (Å²) >= 11 is 0. The molecule has 0 unspecified atom stereocenters. The van der Waals surface area contributed by atoms with E-state index in [0.717, 1.165) is 38.3 Å². The summed E-state index contributed by atoms with van der Waals surface area (Å²) < 4.78 is 5.88. The zero-order valence-corrected chi connectivity index (χ0v) is 13.4. The van der Waals surface area contributed by atoms with Crippen molar-refractivity contribution in [1.82, 2.24) is 4.90 Å². The van der Waals surface area contributed by atoms with Crippen LogP contribution < -0.4 is 4.74 Å². The Balaban J connectivity index is 2.34. The summed E-state index contributed by atoms with van der Waals surface area (Å²) in [6.07, 6.45) is 1.85. The SMILES string of the molecule is Cc1ccc(C)c(OCCCN(CCCO)C(C)C)c1. The first-order valence-electron chi connectivity index (χ1n) is 7.59. The lowest BCUT2D eigenvalue weighted by molar-refractivity contribution is 0.177. The van der Waals surface area contributed by atoms with Crippen LogP contribution in [0.25, 0.3) is 0 Å². The second kappa shape index (κ2) is 8.98. The van der Waals surface area contributed by atoms with E-state index >= 15 is 0 Å². The third-order valence-corrected chi connectivity index (χ3v) is 3.52. The molecule has 3 heteroatoms. The molecule has 0 saturated carbocycles. The molecule has 0 saturated heterocycles. The lowest BCUT2D eigenvalue weighted by Crippen LogP contribution is -2.33. The Hall–Kier alpha value is -1.06. The molecule has 0 bridgehead atoms. The molecule has 1 aromatic carbocycles. The molecule has 0 aliphatic carbocycles. The molecular weight excluding hydrogens is 250 g/mol. The summed E-state index contributed by atoms with van der Waals surface area (Å²) in [5, 5.41) is 8.92. The van der Waals surface area contributed by atoms with Crippen LogP contribution in [0.2, 0.25) is 0 Å². The van der Waals surface area contributed by atoms with Crippen molar-refractivity contribution in [2.45, 2.75) is 46.6 Å². The molecule has 3 nitrogen and oxygen atoms in total. The molecule has 0 fully saturated rings. The van der Waals surface area contributed by atoms with Crippen LogP contribution in [0.15, 0.2) is 18.2 Å². The van der Waals surface area contributed by atoms with Crippen LogP contribution >= 0.6 is 0 Å². The fraction of sp³-hybridized carbons (Fsp3) is 0.647. The second-order valence-electron chi connectivity index (χ2n) is 5.68. The maximum absolute atomic E-state index is 8.92. The van der Waals surface area contributed by atoms with Gasteiger partial charge in [-0.1, -0.05) is 12.1 Å². The second-order valence-corrected chi connectivity index (χ2v) is 5.68. The molecule has 0 aliphatic rings. The highest BCUT2D eigenvalue weighted by atomic mass is 16.5. The van der Waals surface area contributed by atoms with E-state index in [1.807, 2.05) is 0 Å². The maximum atomic E-state index is 8.92. The smallest absolute Gasteiger partial charge is 0.122 e. The molecule has 0 aromatic heterocycles. The average molecular weight is 279 g/mol. The zero-order chi connectivity index (χ0) is 15.0. The van der Waals surface area contributed by atoms with E-state index in [-0.39, 0.29) is 6.61 Å². The number of nitrogens with zero attached hydrogens (tertiary/aromatic N) is 1. The van der Waals surface area contributed by atoms with Gasteiger partial charge in [-0.2, -0.15) is 0 Å². The monoisotopic (exact) mass is 279 g/mol. The van der Waals surface area contributed by atoms with Crippen molar-refractivity contribution in [3.8, 4) is 5.75 Å². The molecule has 1 rings (SSSR count). The Morgan fingerprint density at radius 3 is 2.50 bits per heavy atom. The maximum Gasteiger partial charge on any atom is 0.122 e. The highest BCUT2D eigenvalue weighted by Gasteiger charge is 2.08. The Labute approximate surface area is 123 Å². The Morgan fingerprint density at radius 1 is 1.15 bits per heavy atom. The van der Waals surface area contributed by atoms with Crippen LogP contribution in [0.3, 0.4) is 0 Å². The van der Waals surface area contributed by atoms with Gasteiger partial charge in [0.15, 0.2) is 0 Å².